The molecule has 0 bridgehead atoms. The Hall–Kier alpha value is -1.34. The third kappa shape index (κ3) is 2.28. The summed E-state index contributed by atoms with van der Waals surface area (Å²) in [5.74, 6) is 0.340. The predicted molar refractivity (Wildman–Crippen MR) is 79.6 cm³/mol. The Balaban J connectivity index is 1.86. The van der Waals surface area contributed by atoms with Crippen LogP contribution in [-0.4, -0.2) is 10.4 Å². The average Bonchev–Trinajstić information content (AvgIpc) is 3.29. The first-order valence-electron chi connectivity index (χ1n) is 6.83. The number of hydrogen-bond acceptors (Lipinski definition) is 1. The van der Waals surface area contributed by atoms with Gasteiger partial charge in [-0.2, -0.15) is 0 Å². The number of alkyl halides is 1. The summed E-state index contributed by atoms with van der Waals surface area (Å²) in [5, 5.41) is 0.136. The minimum atomic E-state index is 0.136. The Labute approximate surface area is 119 Å². The Morgan fingerprint density at radius 3 is 2.26 bits per heavy atom. The van der Waals surface area contributed by atoms with E-state index in [4.69, 9.17) is 11.6 Å². The van der Waals surface area contributed by atoms with Crippen molar-refractivity contribution < 1.29 is 0 Å². The predicted octanol–water partition coefficient (Wildman–Crippen LogP) is 4.52. The van der Waals surface area contributed by atoms with Gasteiger partial charge in [-0.3, -0.25) is 4.98 Å². The van der Waals surface area contributed by atoms with E-state index in [-0.39, 0.29) is 10.8 Å². The van der Waals surface area contributed by atoms with Crippen LogP contribution in [0, 0.1) is 0 Å². The highest BCUT2D eigenvalue weighted by atomic mass is 35.5. The molecule has 1 saturated carbocycles. The van der Waals surface area contributed by atoms with E-state index in [1.807, 2.05) is 12.4 Å². The van der Waals surface area contributed by atoms with Gasteiger partial charge in [-0.15, -0.1) is 11.6 Å². The standard InChI is InChI=1S/C17H18ClN/c1-13(14-7-11-19-12-8-14)16(18)17(9-10-17)15-5-3-2-4-6-15/h2-8,11-13,16H,9-10H2,1H3. The lowest BCUT2D eigenvalue weighted by molar-refractivity contribution is 0.557. The number of benzene rings is 1. The molecular weight excluding hydrogens is 254 g/mol. The topological polar surface area (TPSA) is 12.9 Å². The van der Waals surface area contributed by atoms with Crippen LogP contribution in [0.2, 0.25) is 0 Å². The van der Waals surface area contributed by atoms with Gasteiger partial charge in [0.05, 0.1) is 0 Å². The average molecular weight is 272 g/mol. The molecule has 0 saturated heterocycles. The van der Waals surface area contributed by atoms with E-state index in [0.717, 1.165) is 0 Å². The van der Waals surface area contributed by atoms with Gasteiger partial charge in [0.15, 0.2) is 0 Å². The summed E-state index contributed by atoms with van der Waals surface area (Å²) in [6.07, 6.45) is 6.08. The highest BCUT2D eigenvalue weighted by molar-refractivity contribution is 6.22. The van der Waals surface area contributed by atoms with Gasteiger partial charge in [-0.05, 0) is 42.0 Å². The largest absolute Gasteiger partial charge is 0.265 e. The molecule has 0 N–H and O–H groups in total. The zero-order chi connectivity index (χ0) is 13.3. The SMILES string of the molecule is CC(c1ccncc1)C(Cl)C1(c2ccccc2)CC1. The maximum Gasteiger partial charge on any atom is 0.0498 e. The second-order valence-electron chi connectivity index (χ2n) is 5.49. The lowest BCUT2D eigenvalue weighted by Gasteiger charge is -2.27. The van der Waals surface area contributed by atoms with Crippen LogP contribution in [-0.2, 0) is 5.41 Å². The number of hydrogen-bond donors (Lipinski definition) is 0. The fourth-order valence-electron chi connectivity index (χ4n) is 2.94. The summed E-state index contributed by atoms with van der Waals surface area (Å²) < 4.78 is 0. The molecule has 2 atom stereocenters. The van der Waals surface area contributed by atoms with E-state index in [1.54, 1.807) is 0 Å². The molecule has 3 rings (SSSR count). The van der Waals surface area contributed by atoms with E-state index < -0.39 is 0 Å². The van der Waals surface area contributed by atoms with Crippen molar-refractivity contribution in [1.82, 2.24) is 4.98 Å². The van der Waals surface area contributed by atoms with Gasteiger partial charge in [-0.25, -0.2) is 0 Å². The van der Waals surface area contributed by atoms with E-state index in [2.05, 4.69) is 54.4 Å². The summed E-state index contributed by atoms with van der Waals surface area (Å²) in [4.78, 5) is 4.08. The Morgan fingerprint density at radius 1 is 1.05 bits per heavy atom. The minimum Gasteiger partial charge on any atom is -0.265 e. The van der Waals surface area contributed by atoms with E-state index >= 15 is 0 Å². The monoisotopic (exact) mass is 271 g/mol. The summed E-state index contributed by atoms with van der Waals surface area (Å²) in [6.45, 7) is 2.22. The Bertz CT molecular complexity index is 534. The fraction of sp³-hybridized carbons (Fsp3) is 0.353. The van der Waals surface area contributed by atoms with Crippen LogP contribution in [0.1, 0.15) is 36.8 Å². The Morgan fingerprint density at radius 2 is 1.68 bits per heavy atom. The smallest absolute Gasteiger partial charge is 0.0498 e. The maximum absolute atomic E-state index is 6.83. The molecule has 1 aliphatic rings. The van der Waals surface area contributed by atoms with E-state index in [9.17, 15) is 0 Å². The molecule has 1 aliphatic carbocycles. The van der Waals surface area contributed by atoms with Gasteiger partial charge in [0, 0.05) is 23.2 Å². The highest BCUT2D eigenvalue weighted by Crippen LogP contribution is 2.56. The number of pyridine rings is 1. The molecule has 98 valence electrons. The second-order valence-corrected chi connectivity index (χ2v) is 5.96. The quantitative estimate of drug-likeness (QED) is 0.745. The third-order valence-corrected chi connectivity index (χ3v) is 5.13. The van der Waals surface area contributed by atoms with E-state index in [1.165, 1.54) is 24.0 Å². The zero-order valence-corrected chi connectivity index (χ0v) is 11.8. The molecule has 0 amide bonds. The van der Waals surface area contributed by atoms with Crippen LogP contribution in [0.4, 0.5) is 0 Å². The first-order chi connectivity index (χ1) is 9.24. The normalized spacial score (nSPS) is 19.7. The first-order valence-corrected chi connectivity index (χ1v) is 7.27. The van der Waals surface area contributed by atoms with Gasteiger partial charge in [0.2, 0.25) is 0 Å². The van der Waals surface area contributed by atoms with Gasteiger partial charge >= 0.3 is 0 Å². The van der Waals surface area contributed by atoms with Crippen molar-refractivity contribution in [3.8, 4) is 0 Å². The summed E-state index contributed by atoms with van der Waals surface area (Å²) in [6, 6.07) is 14.8. The molecule has 1 aromatic heterocycles. The molecule has 19 heavy (non-hydrogen) atoms. The van der Waals surface area contributed by atoms with Crippen LogP contribution >= 0.6 is 11.6 Å². The van der Waals surface area contributed by atoms with Crippen LogP contribution in [0.5, 0.6) is 0 Å². The van der Waals surface area contributed by atoms with Gasteiger partial charge < -0.3 is 0 Å². The molecular formula is C17H18ClN. The molecule has 2 unspecified atom stereocenters. The number of rotatable bonds is 4. The van der Waals surface area contributed by atoms with Crippen molar-refractivity contribution in [2.24, 2.45) is 0 Å². The molecule has 2 heteroatoms. The first kappa shape index (κ1) is 12.7. The van der Waals surface area contributed by atoms with Crippen molar-refractivity contribution in [3.05, 3.63) is 66.0 Å². The maximum atomic E-state index is 6.83. The number of aromatic nitrogens is 1. The van der Waals surface area contributed by atoms with Crippen molar-refractivity contribution in [1.29, 1.82) is 0 Å². The van der Waals surface area contributed by atoms with Crippen molar-refractivity contribution in [2.75, 3.05) is 0 Å². The van der Waals surface area contributed by atoms with Crippen LogP contribution in [0.3, 0.4) is 0 Å². The molecule has 1 aromatic carbocycles. The molecule has 0 aliphatic heterocycles. The molecule has 2 aromatic rings. The van der Waals surface area contributed by atoms with Gasteiger partial charge in [-0.1, -0.05) is 37.3 Å². The van der Waals surface area contributed by atoms with Crippen LogP contribution in [0.25, 0.3) is 0 Å². The number of nitrogens with zero attached hydrogens (tertiary/aromatic N) is 1. The molecule has 1 fully saturated rings. The summed E-state index contributed by atoms with van der Waals surface area (Å²) in [5.41, 5.74) is 2.83. The van der Waals surface area contributed by atoms with Crippen molar-refractivity contribution in [2.45, 2.75) is 36.5 Å². The molecule has 0 radical (unpaired) electrons. The summed E-state index contributed by atoms with van der Waals surface area (Å²) in [7, 11) is 0. The van der Waals surface area contributed by atoms with Crippen LogP contribution < -0.4 is 0 Å². The van der Waals surface area contributed by atoms with Gasteiger partial charge in [0.25, 0.3) is 0 Å². The number of halogens is 1. The third-order valence-electron chi connectivity index (χ3n) is 4.34. The molecule has 1 nitrogen and oxygen atoms in total. The second kappa shape index (κ2) is 4.97. The lowest BCUT2D eigenvalue weighted by atomic mass is 9.83. The highest BCUT2D eigenvalue weighted by Gasteiger charge is 2.51. The lowest BCUT2D eigenvalue weighted by Crippen LogP contribution is -2.26. The zero-order valence-electron chi connectivity index (χ0n) is 11.1. The molecule has 1 heterocycles. The molecule has 0 spiro atoms. The van der Waals surface area contributed by atoms with Crippen molar-refractivity contribution >= 4 is 11.6 Å². The fourth-order valence-corrected chi connectivity index (χ4v) is 3.43. The van der Waals surface area contributed by atoms with Crippen LogP contribution in [0.15, 0.2) is 54.9 Å². The minimum absolute atomic E-state index is 0.136. The summed E-state index contributed by atoms with van der Waals surface area (Å²) >= 11 is 6.83. The Kier molecular flexibility index (Phi) is 3.32. The van der Waals surface area contributed by atoms with Gasteiger partial charge in [0.1, 0.15) is 0 Å². The van der Waals surface area contributed by atoms with Crippen molar-refractivity contribution in [3.63, 3.8) is 0 Å². The van der Waals surface area contributed by atoms with E-state index in [0.29, 0.717) is 5.92 Å².